The number of rotatable bonds is 9. The van der Waals surface area contributed by atoms with Crippen molar-refractivity contribution in [3.05, 3.63) is 29.8 Å². The molecule has 0 aliphatic carbocycles. The smallest absolute Gasteiger partial charge is 0.119 e. The van der Waals surface area contributed by atoms with Crippen molar-refractivity contribution in [2.45, 2.75) is 40.0 Å². The van der Waals surface area contributed by atoms with E-state index in [0.29, 0.717) is 0 Å². The van der Waals surface area contributed by atoms with Crippen molar-refractivity contribution >= 4 is 0 Å². The highest BCUT2D eigenvalue weighted by molar-refractivity contribution is 5.27. The number of hydrogen-bond acceptors (Lipinski definition) is 2. The molecule has 1 aromatic carbocycles. The molecule has 1 rings (SSSR count). The van der Waals surface area contributed by atoms with Crippen molar-refractivity contribution in [2.24, 2.45) is 5.92 Å². The molecule has 0 aliphatic rings. The Balaban J connectivity index is 2.18. The Morgan fingerprint density at radius 3 is 2.50 bits per heavy atom. The third-order valence-electron chi connectivity index (χ3n) is 2.77. The Labute approximate surface area is 112 Å². The first kappa shape index (κ1) is 15.0. The van der Waals surface area contributed by atoms with Crippen molar-refractivity contribution in [1.82, 2.24) is 5.32 Å². The minimum absolute atomic E-state index is 0.736. The Bertz CT molecular complexity index is 305. The first-order chi connectivity index (χ1) is 8.72. The van der Waals surface area contributed by atoms with Crippen LogP contribution in [0.25, 0.3) is 0 Å². The number of nitrogens with one attached hydrogen (secondary N) is 1. The first-order valence-electron chi connectivity index (χ1n) is 7.14. The van der Waals surface area contributed by atoms with Gasteiger partial charge in [-0.25, -0.2) is 0 Å². The molecule has 18 heavy (non-hydrogen) atoms. The molecule has 0 amide bonds. The summed E-state index contributed by atoms with van der Waals surface area (Å²) in [6.45, 7) is 9.62. The molecule has 0 aromatic heterocycles. The highest BCUT2D eigenvalue weighted by atomic mass is 16.5. The second-order valence-corrected chi connectivity index (χ2v) is 5.19. The molecule has 2 nitrogen and oxygen atoms in total. The quantitative estimate of drug-likeness (QED) is 0.674. The van der Waals surface area contributed by atoms with Gasteiger partial charge in [-0.15, -0.1) is 0 Å². The van der Waals surface area contributed by atoms with Crippen molar-refractivity contribution in [3.63, 3.8) is 0 Å². The third-order valence-corrected chi connectivity index (χ3v) is 2.77. The molecule has 0 bridgehead atoms. The molecule has 0 saturated carbocycles. The summed E-state index contributed by atoms with van der Waals surface area (Å²) in [5.41, 5.74) is 1.39. The van der Waals surface area contributed by atoms with Crippen molar-refractivity contribution in [3.8, 4) is 5.75 Å². The molecule has 0 unspecified atom stereocenters. The maximum absolute atomic E-state index is 5.57. The van der Waals surface area contributed by atoms with Gasteiger partial charge in [0, 0.05) is 0 Å². The van der Waals surface area contributed by atoms with E-state index in [1.807, 2.05) is 0 Å². The minimum atomic E-state index is 0.736. The Morgan fingerprint density at radius 1 is 1.17 bits per heavy atom. The van der Waals surface area contributed by atoms with E-state index < -0.39 is 0 Å². The second-order valence-electron chi connectivity index (χ2n) is 5.19. The van der Waals surface area contributed by atoms with E-state index in [0.717, 1.165) is 44.2 Å². The van der Waals surface area contributed by atoms with E-state index in [9.17, 15) is 0 Å². The summed E-state index contributed by atoms with van der Waals surface area (Å²) in [5, 5.41) is 3.47. The Hall–Kier alpha value is -1.02. The predicted molar refractivity (Wildman–Crippen MR) is 78.3 cm³/mol. The standard InChI is InChI=1S/C16H27NO/c1-4-12-18-16-9-7-15(8-10-16)6-5-11-17-13-14(2)3/h7-10,14,17H,4-6,11-13H2,1-3H3. The maximum atomic E-state index is 5.57. The van der Waals surface area contributed by atoms with Crippen molar-refractivity contribution in [1.29, 1.82) is 0 Å². The van der Waals surface area contributed by atoms with Crippen LogP contribution in [0.5, 0.6) is 5.75 Å². The average molecular weight is 249 g/mol. The van der Waals surface area contributed by atoms with Crippen LogP contribution in [0.4, 0.5) is 0 Å². The van der Waals surface area contributed by atoms with Gasteiger partial charge in [-0.3, -0.25) is 0 Å². The summed E-state index contributed by atoms with van der Waals surface area (Å²) in [5.74, 6) is 1.72. The molecule has 2 heteroatoms. The van der Waals surface area contributed by atoms with Gasteiger partial charge in [-0.2, -0.15) is 0 Å². The van der Waals surface area contributed by atoms with Gasteiger partial charge in [0.15, 0.2) is 0 Å². The van der Waals surface area contributed by atoms with Crippen LogP contribution in [0.2, 0.25) is 0 Å². The Kier molecular flexibility index (Phi) is 7.51. The van der Waals surface area contributed by atoms with Crippen molar-refractivity contribution in [2.75, 3.05) is 19.7 Å². The highest BCUT2D eigenvalue weighted by Gasteiger charge is 1.97. The lowest BCUT2D eigenvalue weighted by Crippen LogP contribution is -2.21. The normalized spacial score (nSPS) is 10.9. The molecular formula is C16H27NO. The van der Waals surface area contributed by atoms with Crippen LogP contribution in [-0.2, 0) is 6.42 Å². The fourth-order valence-corrected chi connectivity index (χ4v) is 1.78. The lowest BCUT2D eigenvalue weighted by atomic mass is 10.1. The van der Waals surface area contributed by atoms with E-state index in [4.69, 9.17) is 4.74 Å². The van der Waals surface area contributed by atoms with Gasteiger partial charge in [0.25, 0.3) is 0 Å². The molecule has 1 N–H and O–H groups in total. The van der Waals surface area contributed by atoms with E-state index in [-0.39, 0.29) is 0 Å². The van der Waals surface area contributed by atoms with E-state index in [1.165, 1.54) is 12.0 Å². The van der Waals surface area contributed by atoms with E-state index in [1.54, 1.807) is 0 Å². The molecule has 0 heterocycles. The fraction of sp³-hybridized carbons (Fsp3) is 0.625. The highest BCUT2D eigenvalue weighted by Crippen LogP contribution is 2.13. The fourth-order valence-electron chi connectivity index (χ4n) is 1.78. The molecule has 102 valence electrons. The van der Waals surface area contributed by atoms with Crippen LogP contribution in [0.3, 0.4) is 0 Å². The number of aryl methyl sites for hydroxylation is 1. The zero-order valence-electron chi connectivity index (χ0n) is 12.0. The van der Waals surface area contributed by atoms with Crippen LogP contribution in [0.1, 0.15) is 39.2 Å². The first-order valence-corrected chi connectivity index (χ1v) is 7.14. The zero-order valence-corrected chi connectivity index (χ0v) is 12.0. The van der Waals surface area contributed by atoms with E-state index >= 15 is 0 Å². The molecular weight excluding hydrogens is 222 g/mol. The van der Waals surface area contributed by atoms with Gasteiger partial charge in [-0.05, 0) is 56.0 Å². The maximum Gasteiger partial charge on any atom is 0.119 e. The molecule has 0 aliphatic heterocycles. The molecule has 0 saturated heterocycles. The Morgan fingerprint density at radius 2 is 1.89 bits per heavy atom. The van der Waals surface area contributed by atoms with Crippen LogP contribution in [-0.4, -0.2) is 19.7 Å². The predicted octanol–water partition coefficient (Wildman–Crippen LogP) is 3.65. The van der Waals surface area contributed by atoms with Gasteiger partial charge in [0.2, 0.25) is 0 Å². The lowest BCUT2D eigenvalue weighted by Gasteiger charge is -2.08. The average Bonchev–Trinajstić information content (AvgIpc) is 2.37. The zero-order chi connectivity index (χ0) is 13.2. The summed E-state index contributed by atoms with van der Waals surface area (Å²) in [6, 6.07) is 8.50. The molecule has 0 radical (unpaired) electrons. The summed E-state index contributed by atoms with van der Waals surface area (Å²) in [7, 11) is 0. The number of hydrogen-bond donors (Lipinski definition) is 1. The largest absolute Gasteiger partial charge is 0.494 e. The van der Waals surface area contributed by atoms with Crippen LogP contribution < -0.4 is 10.1 Å². The monoisotopic (exact) mass is 249 g/mol. The van der Waals surface area contributed by atoms with Crippen LogP contribution in [0, 0.1) is 5.92 Å². The molecule has 0 atom stereocenters. The number of ether oxygens (including phenoxy) is 1. The molecule has 0 spiro atoms. The summed E-state index contributed by atoms with van der Waals surface area (Å²) < 4.78 is 5.57. The number of benzene rings is 1. The van der Waals surface area contributed by atoms with Gasteiger partial charge >= 0.3 is 0 Å². The van der Waals surface area contributed by atoms with Gasteiger partial charge < -0.3 is 10.1 Å². The van der Waals surface area contributed by atoms with Crippen molar-refractivity contribution < 1.29 is 4.74 Å². The van der Waals surface area contributed by atoms with Gasteiger partial charge in [0.05, 0.1) is 6.61 Å². The van der Waals surface area contributed by atoms with Gasteiger partial charge in [-0.1, -0.05) is 32.9 Å². The van der Waals surface area contributed by atoms with Crippen LogP contribution in [0.15, 0.2) is 24.3 Å². The molecule has 0 fully saturated rings. The summed E-state index contributed by atoms with van der Waals surface area (Å²) >= 11 is 0. The SMILES string of the molecule is CCCOc1ccc(CCCNCC(C)C)cc1. The molecule has 1 aromatic rings. The van der Waals surface area contributed by atoms with E-state index in [2.05, 4.69) is 50.4 Å². The second kappa shape index (κ2) is 8.98. The minimum Gasteiger partial charge on any atom is -0.494 e. The topological polar surface area (TPSA) is 21.3 Å². The lowest BCUT2D eigenvalue weighted by molar-refractivity contribution is 0.317. The van der Waals surface area contributed by atoms with Gasteiger partial charge in [0.1, 0.15) is 5.75 Å². The third kappa shape index (κ3) is 6.65. The summed E-state index contributed by atoms with van der Waals surface area (Å²) in [6.07, 6.45) is 3.39. The summed E-state index contributed by atoms with van der Waals surface area (Å²) in [4.78, 5) is 0. The van der Waals surface area contributed by atoms with Crippen LogP contribution >= 0.6 is 0 Å².